The lowest BCUT2D eigenvalue weighted by Gasteiger charge is -2.38. The normalized spacial score (nSPS) is 21.8. The number of benzene rings is 1. The number of ether oxygens (including phenoxy) is 1. The average Bonchev–Trinajstić information content (AvgIpc) is 2.91. The van der Waals surface area contributed by atoms with Crippen LogP contribution in [0, 0.1) is 5.92 Å². The average molecular weight is 402 g/mol. The largest absolute Gasteiger partial charge is 0.444 e. The number of hydrogen-bond donors (Lipinski definition) is 0. The van der Waals surface area contributed by atoms with Gasteiger partial charge in [-0.15, -0.1) is 0 Å². The van der Waals surface area contributed by atoms with Crippen molar-refractivity contribution in [3.05, 3.63) is 35.4 Å². The summed E-state index contributed by atoms with van der Waals surface area (Å²) in [6, 6.07) is 5.35. The van der Waals surface area contributed by atoms with Gasteiger partial charge in [-0.25, -0.2) is 9.59 Å². The SMILES string of the molecule is CC[C@@H]1CCN(C(=O)OC(C)(C)C)[C@H](C(=O)ON2C(=O)c3ccccc3C2=O)C1. The van der Waals surface area contributed by atoms with Crippen molar-refractivity contribution in [3.8, 4) is 0 Å². The molecule has 0 saturated carbocycles. The van der Waals surface area contributed by atoms with Gasteiger partial charge in [0.15, 0.2) is 0 Å². The molecule has 156 valence electrons. The van der Waals surface area contributed by atoms with Crippen molar-refractivity contribution in [1.29, 1.82) is 0 Å². The summed E-state index contributed by atoms with van der Waals surface area (Å²) in [6.07, 6.45) is 1.36. The van der Waals surface area contributed by atoms with E-state index in [9.17, 15) is 19.2 Å². The molecular weight excluding hydrogens is 376 g/mol. The highest BCUT2D eigenvalue weighted by molar-refractivity contribution is 6.20. The quantitative estimate of drug-likeness (QED) is 0.721. The number of fused-ring (bicyclic) bond motifs is 1. The lowest BCUT2D eigenvalue weighted by Crippen LogP contribution is -2.53. The minimum Gasteiger partial charge on any atom is -0.444 e. The Balaban J connectivity index is 1.78. The minimum absolute atomic E-state index is 0.185. The standard InChI is InChI=1S/C21H26N2O6/c1-5-13-10-11-22(20(27)28-21(2,3)4)16(12-13)19(26)29-23-17(24)14-8-6-7-9-15(14)18(23)25/h6-9,13,16H,5,10-12H2,1-4H3/t13-,16+/m1/s1. The number of piperidine rings is 1. The first-order valence-electron chi connectivity index (χ1n) is 9.81. The molecule has 1 fully saturated rings. The Labute approximate surface area is 169 Å². The molecule has 3 amide bonds. The summed E-state index contributed by atoms with van der Waals surface area (Å²) in [5.41, 5.74) is -0.343. The Morgan fingerprint density at radius 2 is 1.69 bits per heavy atom. The molecule has 1 aromatic rings. The fraction of sp³-hybridized carbons (Fsp3) is 0.524. The van der Waals surface area contributed by atoms with Crippen LogP contribution in [0.4, 0.5) is 4.79 Å². The zero-order valence-corrected chi connectivity index (χ0v) is 17.1. The summed E-state index contributed by atoms with van der Waals surface area (Å²) in [6.45, 7) is 7.59. The van der Waals surface area contributed by atoms with Crippen LogP contribution in [0.5, 0.6) is 0 Å². The number of imide groups is 1. The molecule has 2 aliphatic rings. The predicted molar refractivity (Wildman–Crippen MR) is 103 cm³/mol. The van der Waals surface area contributed by atoms with Crippen LogP contribution < -0.4 is 0 Å². The van der Waals surface area contributed by atoms with Gasteiger partial charge in [-0.2, -0.15) is 0 Å². The van der Waals surface area contributed by atoms with Gasteiger partial charge in [0, 0.05) is 6.54 Å². The molecule has 0 aromatic heterocycles. The van der Waals surface area contributed by atoms with Crippen LogP contribution in [-0.2, 0) is 14.4 Å². The third-order valence-corrected chi connectivity index (χ3v) is 5.13. The number of hydrogen-bond acceptors (Lipinski definition) is 6. The molecule has 2 aliphatic heterocycles. The van der Waals surface area contributed by atoms with Crippen LogP contribution >= 0.6 is 0 Å². The molecule has 1 saturated heterocycles. The number of rotatable bonds is 3. The summed E-state index contributed by atoms with van der Waals surface area (Å²) in [5.74, 6) is -1.96. The molecule has 0 spiro atoms. The molecular formula is C21H26N2O6. The van der Waals surface area contributed by atoms with Crippen molar-refractivity contribution in [2.45, 2.75) is 58.6 Å². The van der Waals surface area contributed by atoms with Crippen molar-refractivity contribution in [2.24, 2.45) is 5.92 Å². The second kappa shape index (κ2) is 7.85. The number of amides is 3. The van der Waals surface area contributed by atoms with E-state index in [1.165, 1.54) is 17.0 Å². The van der Waals surface area contributed by atoms with Crippen molar-refractivity contribution in [3.63, 3.8) is 0 Å². The number of carbonyl (C=O) groups excluding carboxylic acids is 4. The van der Waals surface area contributed by atoms with Crippen molar-refractivity contribution < 1.29 is 28.8 Å². The second-order valence-electron chi connectivity index (χ2n) is 8.35. The lowest BCUT2D eigenvalue weighted by molar-refractivity contribution is -0.176. The Morgan fingerprint density at radius 3 is 2.21 bits per heavy atom. The number of likely N-dealkylation sites (tertiary alicyclic amines) is 1. The fourth-order valence-electron chi connectivity index (χ4n) is 3.57. The Kier molecular flexibility index (Phi) is 5.64. The zero-order valence-electron chi connectivity index (χ0n) is 17.1. The molecule has 0 radical (unpaired) electrons. The first-order chi connectivity index (χ1) is 13.6. The predicted octanol–water partition coefficient (Wildman–Crippen LogP) is 3.17. The maximum Gasteiger partial charge on any atom is 0.411 e. The smallest absolute Gasteiger partial charge is 0.411 e. The van der Waals surface area contributed by atoms with Gasteiger partial charge in [-0.1, -0.05) is 30.5 Å². The summed E-state index contributed by atoms with van der Waals surface area (Å²) < 4.78 is 5.42. The van der Waals surface area contributed by atoms with Crippen LogP contribution in [-0.4, -0.2) is 52.0 Å². The van der Waals surface area contributed by atoms with Crippen LogP contribution in [0.2, 0.25) is 0 Å². The van der Waals surface area contributed by atoms with Crippen LogP contribution in [0.15, 0.2) is 24.3 Å². The summed E-state index contributed by atoms with van der Waals surface area (Å²) in [4.78, 5) is 57.0. The first kappa shape index (κ1) is 20.8. The lowest BCUT2D eigenvalue weighted by atomic mass is 9.89. The molecule has 2 atom stereocenters. The van der Waals surface area contributed by atoms with Gasteiger partial charge in [-0.3, -0.25) is 14.5 Å². The highest BCUT2D eigenvalue weighted by Crippen LogP contribution is 2.29. The third-order valence-electron chi connectivity index (χ3n) is 5.13. The maximum absolute atomic E-state index is 12.9. The van der Waals surface area contributed by atoms with Crippen molar-refractivity contribution in [1.82, 2.24) is 9.96 Å². The minimum atomic E-state index is -0.923. The summed E-state index contributed by atoms with van der Waals surface area (Å²) in [7, 11) is 0. The molecule has 3 rings (SSSR count). The Hall–Kier alpha value is -2.90. The fourth-order valence-corrected chi connectivity index (χ4v) is 3.57. The Morgan fingerprint density at radius 1 is 1.10 bits per heavy atom. The third kappa shape index (κ3) is 4.26. The molecule has 29 heavy (non-hydrogen) atoms. The van der Waals surface area contributed by atoms with Gasteiger partial charge in [0.25, 0.3) is 11.8 Å². The maximum atomic E-state index is 12.9. The molecule has 0 N–H and O–H groups in total. The number of nitrogens with zero attached hydrogens (tertiary/aromatic N) is 2. The van der Waals surface area contributed by atoms with Gasteiger partial charge in [0.05, 0.1) is 11.1 Å². The van der Waals surface area contributed by atoms with Gasteiger partial charge in [0.2, 0.25) is 0 Å². The highest BCUT2D eigenvalue weighted by Gasteiger charge is 2.43. The molecule has 8 heteroatoms. The van der Waals surface area contributed by atoms with Gasteiger partial charge < -0.3 is 9.57 Å². The van der Waals surface area contributed by atoms with E-state index >= 15 is 0 Å². The summed E-state index contributed by atoms with van der Waals surface area (Å²) in [5, 5.41) is 0.482. The van der Waals surface area contributed by atoms with E-state index in [0.29, 0.717) is 18.0 Å². The van der Waals surface area contributed by atoms with E-state index in [1.807, 2.05) is 6.92 Å². The van der Waals surface area contributed by atoms with Gasteiger partial charge in [0.1, 0.15) is 11.6 Å². The number of carbonyl (C=O) groups is 4. The monoisotopic (exact) mass is 402 g/mol. The molecule has 8 nitrogen and oxygen atoms in total. The summed E-state index contributed by atoms with van der Waals surface area (Å²) >= 11 is 0. The topological polar surface area (TPSA) is 93.2 Å². The van der Waals surface area contributed by atoms with E-state index in [0.717, 1.165) is 12.8 Å². The van der Waals surface area contributed by atoms with Crippen molar-refractivity contribution >= 4 is 23.9 Å². The number of hydroxylamine groups is 2. The van der Waals surface area contributed by atoms with Crippen LogP contribution in [0.3, 0.4) is 0 Å². The molecule has 0 unspecified atom stereocenters. The van der Waals surface area contributed by atoms with Gasteiger partial charge >= 0.3 is 12.1 Å². The molecule has 1 aromatic carbocycles. The highest BCUT2D eigenvalue weighted by atomic mass is 16.7. The molecule has 2 heterocycles. The van der Waals surface area contributed by atoms with Crippen molar-refractivity contribution in [2.75, 3.05) is 6.54 Å². The second-order valence-corrected chi connectivity index (χ2v) is 8.35. The van der Waals surface area contributed by atoms with E-state index < -0.39 is 35.5 Å². The van der Waals surface area contributed by atoms with E-state index in [2.05, 4.69) is 0 Å². The van der Waals surface area contributed by atoms with Crippen LogP contribution in [0.1, 0.15) is 67.7 Å². The van der Waals surface area contributed by atoms with Crippen LogP contribution in [0.25, 0.3) is 0 Å². The molecule has 0 aliphatic carbocycles. The zero-order chi connectivity index (χ0) is 21.3. The first-order valence-corrected chi connectivity index (χ1v) is 9.81. The van der Waals surface area contributed by atoms with E-state index in [1.54, 1.807) is 32.9 Å². The molecule has 0 bridgehead atoms. The van der Waals surface area contributed by atoms with E-state index in [-0.39, 0.29) is 17.0 Å². The van der Waals surface area contributed by atoms with E-state index in [4.69, 9.17) is 9.57 Å². The Bertz CT molecular complexity index is 809. The van der Waals surface area contributed by atoms with Gasteiger partial charge in [-0.05, 0) is 51.7 Å².